The van der Waals surface area contributed by atoms with E-state index >= 15 is 0 Å². The van der Waals surface area contributed by atoms with Gasteiger partial charge in [0, 0.05) is 13.6 Å². The molecule has 1 aromatic carbocycles. The molecule has 0 fully saturated rings. The van der Waals surface area contributed by atoms with Gasteiger partial charge in [0.25, 0.3) is 0 Å². The molecule has 0 aliphatic carbocycles. The molecule has 0 saturated carbocycles. The van der Waals surface area contributed by atoms with E-state index in [9.17, 15) is 9.59 Å². The highest BCUT2D eigenvalue weighted by molar-refractivity contribution is 5.88. The van der Waals surface area contributed by atoms with Crippen molar-refractivity contribution in [2.45, 2.75) is 32.7 Å². The van der Waals surface area contributed by atoms with Gasteiger partial charge in [-0.15, -0.1) is 0 Å². The predicted molar refractivity (Wildman–Crippen MR) is 93.2 cm³/mol. The summed E-state index contributed by atoms with van der Waals surface area (Å²) < 4.78 is 0. The van der Waals surface area contributed by atoms with Crippen molar-refractivity contribution in [3.05, 3.63) is 35.4 Å². The molecule has 128 valence electrons. The van der Waals surface area contributed by atoms with E-state index in [1.807, 2.05) is 50.2 Å². The number of likely N-dealkylation sites (N-methyl/N-ethyl adjacent to an activating group) is 2. The van der Waals surface area contributed by atoms with Gasteiger partial charge in [0.1, 0.15) is 6.04 Å². The number of carbonyl (C=O) groups is 2. The minimum Gasteiger partial charge on any atom is -0.355 e. The van der Waals surface area contributed by atoms with Crippen LogP contribution in [0.25, 0.3) is 0 Å². The highest BCUT2D eigenvalue weighted by atomic mass is 16.2. The summed E-state index contributed by atoms with van der Waals surface area (Å²) in [6.07, 6.45) is 1.98. The van der Waals surface area contributed by atoms with Gasteiger partial charge in [-0.3, -0.25) is 14.5 Å². The molecule has 0 bridgehead atoms. The molecule has 0 aromatic heterocycles. The maximum atomic E-state index is 12.8. The van der Waals surface area contributed by atoms with Crippen LogP contribution >= 0.6 is 0 Å². The maximum Gasteiger partial charge on any atom is 0.244 e. The van der Waals surface area contributed by atoms with E-state index in [1.54, 1.807) is 7.05 Å². The number of nitrogens with one attached hydrogen (secondary N) is 1. The number of rotatable bonds is 8. The van der Waals surface area contributed by atoms with Crippen molar-refractivity contribution >= 4 is 11.8 Å². The normalized spacial score (nSPS) is 12.1. The summed E-state index contributed by atoms with van der Waals surface area (Å²) in [5.41, 5.74) is 2.04. The van der Waals surface area contributed by atoms with Gasteiger partial charge in [-0.2, -0.15) is 0 Å². The summed E-state index contributed by atoms with van der Waals surface area (Å²) >= 11 is 0. The number of aryl methyl sites for hydroxylation is 1. The zero-order valence-corrected chi connectivity index (χ0v) is 14.9. The number of hydrogen-bond donors (Lipinski definition) is 1. The Bertz CT molecular complexity index is 529. The molecular formula is C18H29N3O2. The Morgan fingerprint density at radius 1 is 1.17 bits per heavy atom. The van der Waals surface area contributed by atoms with E-state index < -0.39 is 0 Å². The predicted octanol–water partition coefficient (Wildman–Crippen LogP) is 1.97. The summed E-state index contributed by atoms with van der Waals surface area (Å²) in [5.74, 6) is -0.188. The minimum atomic E-state index is -0.385. The lowest BCUT2D eigenvalue weighted by Gasteiger charge is -2.29. The van der Waals surface area contributed by atoms with Crippen molar-refractivity contribution in [2.75, 3.05) is 34.2 Å². The van der Waals surface area contributed by atoms with Gasteiger partial charge >= 0.3 is 0 Å². The summed E-state index contributed by atoms with van der Waals surface area (Å²) in [4.78, 5) is 28.1. The van der Waals surface area contributed by atoms with Crippen LogP contribution in [0.1, 0.15) is 36.9 Å². The van der Waals surface area contributed by atoms with E-state index in [-0.39, 0.29) is 24.4 Å². The summed E-state index contributed by atoms with van der Waals surface area (Å²) in [7, 11) is 5.44. The first-order chi connectivity index (χ1) is 10.9. The van der Waals surface area contributed by atoms with Crippen molar-refractivity contribution in [1.29, 1.82) is 0 Å². The van der Waals surface area contributed by atoms with Crippen LogP contribution < -0.4 is 5.32 Å². The topological polar surface area (TPSA) is 52.7 Å². The van der Waals surface area contributed by atoms with Gasteiger partial charge in [0.2, 0.25) is 11.8 Å². The summed E-state index contributed by atoms with van der Waals surface area (Å²) in [6, 6.07) is 7.47. The Balaban J connectivity index is 2.78. The van der Waals surface area contributed by atoms with Crippen LogP contribution in [0.4, 0.5) is 0 Å². The highest BCUT2D eigenvalue weighted by Gasteiger charge is 2.27. The SMILES string of the molecule is CCCCNC(=O)CN(C)C(=O)[C@@H](c1ccccc1C)N(C)C. The molecule has 5 heteroatoms. The molecule has 2 amide bonds. The molecule has 1 atom stereocenters. The van der Waals surface area contributed by atoms with Gasteiger partial charge in [-0.25, -0.2) is 0 Å². The second-order valence-electron chi connectivity index (χ2n) is 6.12. The highest BCUT2D eigenvalue weighted by Crippen LogP contribution is 2.23. The fourth-order valence-electron chi connectivity index (χ4n) is 2.49. The quantitative estimate of drug-likeness (QED) is 0.745. The van der Waals surface area contributed by atoms with Crippen LogP contribution in [0.3, 0.4) is 0 Å². The second-order valence-corrected chi connectivity index (χ2v) is 6.12. The molecule has 0 heterocycles. The Hall–Kier alpha value is -1.88. The van der Waals surface area contributed by atoms with Crippen molar-refractivity contribution in [2.24, 2.45) is 0 Å². The Morgan fingerprint density at radius 2 is 1.83 bits per heavy atom. The van der Waals surface area contributed by atoms with Crippen LogP contribution in [-0.2, 0) is 9.59 Å². The minimum absolute atomic E-state index is 0.0741. The molecule has 0 spiro atoms. The lowest BCUT2D eigenvalue weighted by atomic mass is 9.99. The third kappa shape index (κ3) is 5.67. The third-order valence-electron chi connectivity index (χ3n) is 3.84. The number of nitrogens with zero attached hydrogens (tertiary/aromatic N) is 2. The van der Waals surface area contributed by atoms with Gasteiger partial charge in [0.15, 0.2) is 0 Å². The van der Waals surface area contributed by atoms with Gasteiger partial charge in [-0.05, 0) is 38.6 Å². The number of hydrogen-bond acceptors (Lipinski definition) is 3. The Morgan fingerprint density at radius 3 is 2.39 bits per heavy atom. The van der Waals surface area contributed by atoms with E-state index in [4.69, 9.17) is 0 Å². The molecule has 0 saturated heterocycles. The van der Waals surface area contributed by atoms with E-state index in [0.29, 0.717) is 6.54 Å². The molecule has 1 aromatic rings. The van der Waals surface area contributed by atoms with Crippen molar-refractivity contribution in [3.63, 3.8) is 0 Å². The van der Waals surface area contributed by atoms with Crippen LogP contribution in [-0.4, -0.2) is 55.8 Å². The lowest BCUT2D eigenvalue weighted by Crippen LogP contribution is -2.43. The average Bonchev–Trinajstić information content (AvgIpc) is 2.49. The lowest BCUT2D eigenvalue weighted by molar-refractivity contribution is -0.138. The fourth-order valence-corrected chi connectivity index (χ4v) is 2.49. The molecule has 0 aliphatic heterocycles. The summed E-state index contributed by atoms with van der Waals surface area (Å²) in [6.45, 7) is 4.81. The first-order valence-corrected chi connectivity index (χ1v) is 8.12. The van der Waals surface area contributed by atoms with Crippen LogP contribution in [0.5, 0.6) is 0 Å². The monoisotopic (exact) mass is 319 g/mol. The standard InChI is InChI=1S/C18H29N3O2/c1-6-7-12-19-16(22)13-21(5)18(23)17(20(3)4)15-11-9-8-10-14(15)2/h8-11,17H,6-7,12-13H2,1-5H3,(H,19,22)/t17-/m1/s1. The Labute approximate surface area is 139 Å². The van der Waals surface area contributed by atoms with Crippen LogP contribution in [0.2, 0.25) is 0 Å². The first kappa shape index (κ1) is 19.2. The number of amides is 2. The van der Waals surface area contributed by atoms with E-state index in [0.717, 1.165) is 24.0 Å². The molecule has 0 aliphatic rings. The second kappa shape index (κ2) is 9.30. The molecule has 0 radical (unpaired) electrons. The van der Waals surface area contributed by atoms with Gasteiger partial charge in [0.05, 0.1) is 6.54 Å². The largest absolute Gasteiger partial charge is 0.355 e. The fraction of sp³-hybridized carbons (Fsp3) is 0.556. The van der Waals surface area contributed by atoms with Crippen LogP contribution in [0, 0.1) is 6.92 Å². The van der Waals surface area contributed by atoms with Crippen molar-refractivity contribution in [3.8, 4) is 0 Å². The first-order valence-electron chi connectivity index (χ1n) is 8.12. The number of unbranched alkanes of at least 4 members (excludes halogenated alkanes) is 1. The number of carbonyl (C=O) groups excluding carboxylic acids is 2. The smallest absolute Gasteiger partial charge is 0.244 e. The third-order valence-corrected chi connectivity index (χ3v) is 3.84. The Kier molecular flexibility index (Phi) is 7.75. The average molecular weight is 319 g/mol. The molecule has 1 N–H and O–H groups in total. The number of benzene rings is 1. The van der Waals surface area contributed by atoms with Crippen LogP contribution in [0.15, 0.2) is 24.3 Å². The zero-order chi connectivity index (χ0) is 17.4. The molecule has 5 nitrogen and oxygen atoms in total. The molecule has 1 rings (SSSR count). The molecular weight excluding hydrogens is 290 g/mol. The molecule has 0 unspecified atom stereocenters. The van der Waals surface area contributed by atoms with Gasteiger partial charge < -0.3 is 10.2 Å². The van der Waals surface area contributed by atoms with E-state index in [2.05, 4.69) is 12.2 Å². The maximum absolute atomic E-state index is 12.8. The zero-order valence-electron chi connectivity index (χ0n) is 14.9. The van der Waals surface area contributed by atoms with Gasteiger partial charge in [-0.1, -0.05) is 37.6 Å². The van der Waals surface area contributed by atoms with Crippen molar-refractivity contribution < 1.29 is 9.59 Å². The molecule has 23 heavy (non-hydrogen) atoms. The summed E-state index contributed by atoms with van der Waals surface area (Å²) in [5, 5.41) is 2.84. The van der Waals surface area contributed by atoms with Crippen molar-refractivity contribution in [1.82, 2.24) is 15.1 Å². The van der Waals surface area contributed by atoms with E-state index in [1.165, 1.54) is 4.90 Å².